The second kappa shape index (κ2) is 17.7. The van der Waals surface area contributed by atoms with E-state index in [0.29, 0.717) is 13.0 Å². The fourth-order valence-corrected chi connectivity index (χ4v) is 19.7. The van der Waals surface area contributed by atoms with Gasteiger partial charge in [-0.3, -0.25) is 0 Å². The van der Waals surface area contributed by atoms with Gasteiger partial charge >= 0.3 is 244 Å². The Kier molecular flexibility index (Phi) is 15.5. The fraction of sp³-hybridized carbons (Fsp3) is 0.727. The van der Waals surface area contributed by atoms with Crippen molar-refractivity contribution in [3.05, 3.63) is 40.0 Å². The predicted molar refractivity (Wildman–Crippen MR) is 164 cm³/mol. The van der Waals surface area contributed by atoms with Crippen LogP contribution in [0.4, 0.5) is 0 Å². The number of benzene rings is 1. The normalized spacial score (nSPS) is 20.3. The summed E-state index contributed by atoms with van der Waals surface area (Å²) in [4.78, 5) is 12.3. The summed E-state index contributed by atoms with van der Waals surface area (Å²) in [7, 11) is 1.67. The Balaban J connectivity index is 2.15. The van der Waals surface area contributed by atoms with Crippen LogP contribution in [-0.2, 0) is 19.0 Å². The van der Waals surface area contributed by atoms with Crippen molar-refractivity contribution >= 4 is 24.3 Å². The summed E-state index contributed by atoms with van der Waals surface area (Å²) < 4.78 is 31.0. The molecule has 3 atom stereocenters. The van der Waals surface area contributed by atoms with Gasteiger partial charge in [0.15, 0.2) is 0 Å². The first-order valence-corrected chi connectivity index (χ1v) is 23.2. The Hall–Kier alpha value is -1.05. The Morgan fingerprint density at radius 1 is 0.949 bits per heavy atom. The van der Waals surface area contributed by atoms with Gasteiger partial charge in [0, 0.05) is 0 Å². The molecule has 1 heterocycles. The number of rotatable bonds is 17. The number of carbonyl (C=O) groups excluding carboxylic acids is 1. The van der Waals surface area contributed by atoms with E-state index in [9.17, 15) is 4.79 Å². The minimum atomic E-state index is -2.33. The summed E-state index contributed by atoms with van der Waals surface area (Å²) in [6.07, 6.45) is 12.5. The number of hydrogen-bond acceptors (Lipinski definition) is 5. The van der Waals surface area contributed by atoms with Crippen molar-refractivity contribution in [3.63, 3.8) is 0 Å². The number of esters is 1. The molecule has 0 amide bonds. The minimum absolute atomic E-state index is 0.0226. The van der Waals surface area contributed by atoms with Crippen LogP contribution in [0.2, 0.25) is 13.3 Å². The average molecular weight is 652 g/mol. The van der Waals surface area contributed by atoms with E-state index < -0.39 is 30.1 Å². The van der Waals surface area contributed by atoms with Crippen LogP contribution in [0.25, 0.3) is 0 Å². The van der Waals surface area contributed by atoms with Gasteiger partial charge in [0.2, 0.25) is 0 Å². The van der Waals surface area contributed by atoms with E-state index in [0.717, 1.165) is 24.2 Å². The maximum atomic E-state index is 12.3. The summed E-state index contributed by atoms with van der Waals surface area (Å²) in [6, 6.07) is 7.92. The molecule has 0 N–H and O–H groups in total. The molecule has 1 saturated heterocycles. The summed E-state index contributed by atoms with van der Waals surface area (Å²) in [5.41, 5.74) is 0.491. The molecule has 1 aromatic carbocycles. The second-order valence-electron chi connectivity index (χ2n) is 12.3. The van der Waals surface area contributed by atoms with Crippen molar-refractivity contribution in [1.29, 1.82) is 0 Å². The van der Waals surface area contributed by atoms with Crippen molar-refractivity contribution in [2.45, 2.75) is 131 Å². The van der Waals surface area contributed by atoms with Crippen LogP contribution >= 0.6 is 0 Å². The zero-order valence-electron chi connectivity index (χ0n) is 25.9. The van der Waals surface area contributed by atoms with E-state index >= 15 is 0 Å². The molecule has 39 heavy (non-hydrogen) atoms. The molecule has 1 aliphatic rings. The van der Waals surface area contributed by atoms with Crippen molar-refractivity contribution in [3.8, 4) is 5.75 Å². The van der Waals surface area contributed by atoms with Crippen molar-refractivity contribution in [1.82, 2.24) is 0 Å². The molecule has 6 heteroatoms. The monoisotopic (exact) mass is 652 g/mol. The third kappa shape index (κ3) is 12.1. The molecule has 5 nitrogen and oxygen atoms in total. The fourth-order valence-electron chi connectivity index (χ4n) is 5.22. The van der Waals surface area contributed by atoms with Crippen molar-refractivity contribution in [2.24, 2.45) is 5.41 Å². The summed E-state index contributed by atoms with van der Waals surface area (Å²) in [5, 5.41) is 0. The molecule has 0 radical (unpaired) electrons. The number of hydrogen-bond donors (Lipinski definition) is 0. The second-order valence-corrected chi connectivity index (χ2v) is 25.4. The molecule has 0 saturated carbocycles. The molecule has 1 aromatic rings. The average Bonchev–Trinajstić information content (AvgIpc) is 2.93. The molecular weight excluding hydrogens is 595 g/mol. The quantitative estimate of drug-likeness (QED) is 0.124. The van der Waals surface area contributed by atoms with Gasteiger partial charge in [-0.05, 0) is 0 Å². The van der Waals surface area contributed by atoms with Gasteiger partial charge < -0.3 is 0 Å². The van der Waals surface area contributed by atoms with E-state index in [1.54, 1.807) is 7.11 Å². The Morgan fingerprint density at radius 3 is 2.03 bits per heavy atom. The number of carbonyl (C=O) groups is 1. The Labute approximate surface area is 243 Å². The van der Waals surface area contributed by atoms with E-state index in [4.69, 9.17) is 18.9 Å². The summed E-state index contributed by atoms with van der Waals surface area (Å²) in [6.45, 7) is 13.0. The van der Waals surface area contributed by atoms with Gasteiger partial charge in [-0.2, -0.15) is 0 Å². The van der Waals surface area contributed by atoms with E-state index in [-0.39, 0.29) is 18.2 Å². The van der Waals surface area contributed by atoms with Crippen molar-refractivity contribution < 1.29 is 23.7 Å². The summed E-state index contributed by atoms with van der Waals surface area (Å²) in [5.74, 6) is 0.644. The Morgan fingerprint density at radius 2 is 1.51 bits per heavy atom. The first-order chi connectivity index (χ1) is 18.7. The van der Waals surface area contributed by atoms with Gasteiger partial charge in [-0.15, -0.1) is 0 Å². The summed E-state index contributed by atoms with van der Waals surface area (Å²) >= 11 is -2.33. The molecule has 0 bridgehead atoms. The molecular formula is C33H56O5Sn. The van der Waals surface area contributed by atoms with Crippen molar-refractivity contribution in [2.75, 3.05) is 13.7 Å². The van der Waals surface area contributed by atoms with Crippen LogP contribution in [0.5, 0.6) is 5.75 Å². The molecule has 0 aromatic heterocycles. The standard InChI is InChI=1S/C21H29O5.3C4H9.Sn/c1-6-7-17-14-18(12-13-24-20(22)21(2,3)4)26-19(25-17)15-8-10-16(23-5)11-9-15;3*1-3-4-2;/h1,6,8-11,17-19H,7,12-14H2,2-5H3;3*1,3-4H2,2H3;/t17-,18+,19-;;;;/m0..../s1. The molecule has 222 valence electrons. The van der Waals surface area contributed by atoms with E-state index in [2.05, 4.69) is 30.9 Å². The van der Waals surface area contributed by atoms with Crippen LogP contribution in [0, 0.1) is 5.41 Å². The van der Waals surface area contributed by atoms with Gasteiger partial charge in [-0.25, -0.2) is 0 Å². The van der Waals surface area contributed by atoms with Gasteiger partial charge in [0.05, 0.1) is 0 Å². The first-order valence-electron chi connectivity index (χ1n) is 15.5. The topological polar surface area (TPSA) is 54.0 Å². The van der Waals surface area contributed by atoms with Crippen LogP contribution in [0.1, 0.15) is 111 Å². The third-order valence-electron chi connectivity index (χ3n) is 7.79. The third-order valence-corrected chi connectivity index (χ3v) is 22.0. The molecule has 2 rings (SSSR count). The zero-order valence-corrected chi connectivity index (χ0v) is 28.8. The van der Waals surface area contributed by atoms with Gasteiger partial charge in [0.1, 0.15) is 0 Å². The Bertz CT molecular complexity index is 823. The first kappa shape index (κ1) is 34.2. The molecule has 0 spiro atoms. The van der Waals surface area contributed by atoms with Gasteiger partial charge in [0.25, 0.3) is 0 Å². The predicted octanol–water partition coefficient (Wildman–Crippen LogP) is 9.18. The number of unbranched alkanes of at least 4 members (excludes halogenated alkanes) is 3. The van der Waals surface area contributed by atoms with E-state index in [1.807, 2.05) is 45.0 Å². The maximum absolute atomic E-state index is 12.3. The number of methoxy groups -OCH3 is 1. The van der Waals surface area contributed by atoms with Gasteiger partial charge in [-0.1, -0.05) is 0 Å². The molecule has 0 aliphatic carbocycles. The van der Waals surface area contributed by atoms with Crippen LogP contribution in [-0.4, -0.2) is 50.3 Å². The van der Waals surface area contributed by atoms with Crippen LogP contribution in [0.15, 0.2) is 34.4 Å². The molecule has 0 unspecified atom stereocenters. The van der Waals surface area contributed by atoms with Crippen LogP contribution in [0.3, 0.4) is 0 Å². The zero-order chi connectivity index (χ0) is 28.7. The molecule has 1 aliphatic heterocycles. The number of ether oxygens (including phenoxy) is 4. The SMILES string of the molecule is CCC[CH2][Sn](/[CH]=C/C[C@H]1C[C@@H](CCOC(=O)C(C)(C)C)O[C@@H](c2ccc(OC)cc2)O1)([CH2]CCC)[CH2]CCC. The molecule has 1 fully saturated rings. The van der Waals surface area contributed by atoms with Crippen LogP contribution < -0.4 is 4.74 Å². The van der Waals surface area contributed by atoms with E-state index in [1.165, 1.54) is 51.8 Å².